The molecule has 2 aliphatic heterocycles. The molecule has 2 N–H and O–H groups in total. The van der Waals surface area contributed by atoms with Gasteiger partial charge in [-0.05, 0) is 80.6 Å². The fourth-order valence-corrected chi connectivity index (χ4v) is 3.58. The molecule has 184 valence electrons. The Morgan fingerprint density at radius 2 is 1.25 bits per heavy atom. The van der Waals surface area contributed by atoms with Gasteiger partial charge >= 0.3 is 24.1 Å². The molecule has 0 aliphatic carbocycles. The lowest BCUT2D eigenvalue weighted by molar-refractivity contribution is -0.144. The van der Waals surface area contributed by atoms with E-state index in [1.807, 2.05) is 6.92 Å². The smallest absolute Gasteiger partial charge is 0.411 e. The highest BCUT2D eigenvalue weighted by Gasteiger charge is 2.41. The molecule has 0 spiro atoms. The third-order valence-corrected chi connectivity index (χ3v) is 4.97. The molecular formula is C22H38N2O8. The summed E-state index contributed by atoms with van der Waals surface area (Å²) in [5.74, 6) is -1.92. The van der Waals surface area contributed by atoms with Crippen LogP contribution in [-0.4, -0.2) is 80.0 Å². The van der Waals surface area contributed by atoms with E-state index in [1.54, 1.807) is 41.5 Å². The molecule has 0 saturated carbocycles. The first-order valence-corrected chi connectivity index (χ1v) is 11.0. The van der Waals surface area contributed by atoms with Gasteiger partial charge in [0.15, 0.2) is 0 Å². The van der Waals surface area contributed by atoms with E-state index in [-0.39, 0.29) is 6.04 Å². The minimum absolute atomic E-state index is 0.0732. The number of amides is 2. The van der Waals surface area contributed by atoms with Crippen LogP contribution in [0.3, 0.4) is 0 Å². The molecule has 0 unspecified atom stereocenters. The summed E-state index contributed by atoms with van der Waals surface area (Å²) in [7, 11) is 0. The number of carbonyl (C=O) groups is 4. The lowest BCUT2D eigenvalue weighted by atomic mass is 10.0. The monoisotopic (exact) mass is 458 g/mol. The van der Waals surface area contributed by atoms with Crippen molar-refractivity contribution in [2.75, 3.05) is 6.54 Å². The van der Waals surface area contributed by atoms with E-state index >= 15 is 0 Å². The van der Waals surface area contributed by atoms with E-state index in [1.165, 1.54) is 9.80 Å². The van der Waals surface area contributed by atoms with Gasteiger partial charge in [0.2, 0.25) is 0 Å². The summed E-state index contributed by atoms with van der Waals surface area (Å²) in [5.41, 5.74) is -1.18. The van der Waals surface area contributed by atoms with Crippen LogP contribution >= 0.6 is 0 Å². The molecule has 0 bridgehead atoms. The van der Waals surface area contributed by atoms with Gasteiger partial charge in [0.25, 0.3) is 0 Å². The van der Waals surface area contributed by atoms with Crippen LogP contribution in [0, 0.1) is 0 Å². The predicted octanol–water partition coefficient (Wildman–Crippen LogP) is 3.72. The predicted molar refractivity (Wildman–Crippen MR) is 116 cm³/mol. The van der Waals surface area contributed by atoms with E-state index in [2.05, 4.69) is 0 Å². The van der Waals surface area contributed by atoms with Crippen molar-refractivity contribution in [3.63, 3.8) is 0 Å². The fraction of sp³-hybridized carbons (Fsp3) is 0.818. The average Bonchev–Trinajstić information content (AvgIpc) is 3.01. The maximum absolute atomic E-state index is 11.8. The first kappa shape index (κ1) is 27.5. The summed E-state index contributed by atoms with van der Waals surface area (Å²) in [6.07, 6.45) is 2.32. The average molecular weight is 459 g/mol. The van der Waals surface area contributed by atoms with Gasteiger partial charge < -0.3 is 19.7 Å². The summed E-state index contributed by atoms with van der Waals surface area (Å²) < 4.78 is 10.4. The van der Waals surface area contributed by atoms with Crippen LogP contribution in [0.25, 0.3) is 0 Å². The Kier molecular flexibility index (Phi) is 9.35. The minimum atomic E-state index is -0.963. The molecule has 0 aromatic rings. The van der Waals surface area contributed by atoms with Crippen LogP contribution in [0.4, 0.5) is 9.59 Å². The van der Waals surface area contributed by atoms with Crippen molar-refractivity contribution in [1.82, 2.24) is 9.80 Å². The lowest BCUT2D eigenvalue weighted by Gasteiger charge is -2.34. The zero-order valence-electron chi connectivity index (χ0n) is 20.2. The molecule has 32 heavy (non-hydrogen) atoms. The molecule has 2 saturated heterocycles. The number of carboxylic acid groups (broad SMARTS) is 2. The number of likely N-dealkylation sites (tertiary alicyclic amines) is 2. The molecule has 10 heteroatoms. The van der Waals surface area contributed by atoms with Crippen molar-refractivity contribution < 1.29 is 38.9 Å². The van der Waals surface area contributed by atoms with Crippen molar-refractivity contribution in [3.05, 3.63) is 0 Å². The molecule has 3 atom stereocenters. The number of rotatable bonds is 2. The fourth-order valence-electron chi connectivity index (χ4n) is 3.58. The number of aliphatic carboxylic acids is 2. The van der Waals surface area contributed by atoms with Gasteiger partial charge in [-0.2, -0.15) is 0 Å². The Morgan fingerprint density at radius 3 is 1.72 bits per heavy atom. The highest BCUT2D eigenvalue weighted by atomic mass is 16.6. The zero-order valence-corrected chi connectivity index (χ0v) is 20.2. The third-order valence-electron chi connectivity index (χ3n) is 4.97. The van der Waals surface area contributed by atoms with E-state index in [9.17, 15) is 19.2 Å². The quantitative estimate of drug-likeness (QED) is 0.639. The molecule has 10 nitrogen and oxygen atoms in total. The Balaban J connectivity index is 0.000000320. The Hall–Kier alpha value is -2.52. The minimum Gasteiger partial charge on any atom is -0.480 e. The number of carboxylic acids is 2. The zero-order chi connectivity index (χ0) is 24.9. The van der Waals surface area contributed by atoms with Gasteiger partial charge in [0.1, 0.15) is 23.3 Å². The summed E-state index contributed by atoms with van der Waals surface area (Å²) in [6.45, 7) is 12.9. The van der Waals surface area contributed by atoms with E-state index in [0.29, 0.717) is 25.8 Å². The van der Waals surface area contributed by atoms with Crippen LogP contribution in [0.2, 0.25) is 0 Å². The van der Waals surface area contributed by atoms with Crippen molar-refractivity contribution >= 4 is 24.1 Å². The van der Waals surface area contributed by atoms with Crippen LogP contribution in [0.15, 0.2) is 0 Å². The first-order chi connectivity index (χ1) is 14.5. The second kappa shape index (κ2) is 10.9. The highest BCUT2D eigenvalue weighted by molar-refractivity contribution is 5.81. The van der Waals surface area contributed by atoms with Crippen LogP contribution in [0.1, 0.15) is 80.6 Å². The maximum Gasteiger partial charge on any atom is 0.411 e. The summed E-state index contributed by atoms with van der Waals surface area (Å²) in [4.78, 5) is 48.2. The van der Waals surface area contributed by atoms with Gasteiger partial charge in [-0.3, -0.25) is 9.80 Å². The number of carbonyl (C=O) groups excluding carboxylic acids is 2. The molecule has 2 rings (SSSR count). The number of hydrogen-bond acceptors (Lipinski definition) is 6. The van der Waals surface area contributed by atoms with Crippen molar-refractivity contribution in [2.24, 2.45) is 0 Å². The Bertz CT molecular complexity index is 681. The largest absolute Gasteiger partial charge is 0.480 e. The molecule has 0 aromatic carbocycles. The van der Waals surface area contributed by atoms with Gasteiger partial charge in [0, 0.05) is 12.6 Å². The van der Waals surface area contributed by atoms with E-state index in [4.69, 9.17) is 19.7 Å². The number of piperidine rings is 1. The Morgan fingerprint density at radius 1 is 0.750 bits per heavy atom. The SMILES string of the molecule is CC(C)(C)OC(=O)N1CCCC[C@H]1C(=O)O.C[C@H]1CC[C@@H](C(=O)O)N1C(=O)OC(C)(C)C. The molecule has 2 heterocycles. The van der Waals surface area contributed by atoms with Crippen molar-refractivity contribution in [2.45, 2.75) is 110 Å². The first-order valence-electron chi connectivity index (χ1n) is 11.0. The van der Waals surface area contributed by atoms with Crippen LogP contribution < -0.4 is 0 Å². The van der Waals surface area contributed by atoms with Crippen LogP contribution in [-0.2, 0) is 19.1 Å². The normalized spacial score (nSPS) is 23.7. The summed E-state index contributed by atoms with van der Waals surface area (Å²) in [6, 6.07) is -1.55. The summed E-state index contributed by atoms with van der Waals surface area (Å²) in [5, 5.41) is 18.0. The molecule has 0 aromatic heterocycles. The summed E-state index contributed by atoms with van der Waals surface area (Å²) >= 11 is 0. The standard InChI is InChI=1S/2C11H19NO4/c1-7-5-6-8(9(13)14)12(7)10(15)16-11(2,3)4;1-11(2,3)16-10(15)12-7-5-4-6-8(12)9(13)14/h7-8H,5-6H2,1-4H3,(H,13,14);8H,4-7H2,1-3H3,(H,13,14)/t7-,8-;8-/m00/s1. The van der Waals surface area contributed by atoms with E-state index < -0.39 is 47.4 Å². The molecule has 2 fully saturated rings. The van der Waals surface area contributed by atoms with Crippen LogP contribution in [0.5, 0.6) is 0 Å². The molecule has 0 radical (unpaired) electrons. The van der Waals surface area contributed by atoms with Gasteiger partial charge in [-0.25, -0.2) is 19.2 Å². The van der Waals surface area contributed by atoms with Crippen molar-refractivity contribution in [3.8, 4) is 0 Å². The Labute approximate surface area is 189 Å². The second-order valence-electron chi connectivity index (χ2n) is 10.2. The maximum atomic E-state index is 11.8. The molecular weight excluding hydrogens is 420 g/mol. The number of ether oxygens (including phenoxy) is 2. The third kappa shape index (κ3) is 8.55. The van der Waals surface area contributed by atoms with Gasteiger partial charge in [-0.15, -0.1) is 0 Å². The molecule has 2 amide bonds. The van der Waals surface area contributed by atoms with Gasteiger partial charge in [-0.1, -0.05) is 0 Å². The van der Waals surface area contributed by atoms with Crippen molar-refractivity contribution in [1.29, 1.82) is 0 Å². The number of nitrogens with zero attached hydrogens (tertiary/aromatic N) is 2. The van der Waals surface area contributed by atoms with E-state index in [0.717, 1.165) is 12.8 Å². The van der Waals surface area contributed by atoms with Gasteiger partial charge in [0.05, 0.1) is 0 Å². The topological polar surface area (TPSA) is 134 Å². The highest BCUT2D eigenvalue weighted by Crippen LogP contribution is 2.26. The lowest BCUT2D eigenvalue weighted by Crippen LogP contribution is -2.49. The number of hydrogen-bond donors (Lipinski definition) is 2. The second-order valence-corrected chi connectivity index (χ2v) is 10.2. The molecule has 2 aliphatic rings.